The number of thioether (sulfide) groups is 1. The minimum absolute atomic E-state index is 0.0244. The van der Waals surface area contributed by atoms with Gasteiger partial charge in [-0.15, -0.1) is 5.10 Å². The fraction of sp³-hybridized carbons (Fsp3) is 0.130. The van der Waals surface area contributed by atoms with E-state index in [2.05, 4.69) is 26.6 Å². The highest BCUT2D eigenvalue weighted by Gasteiger charge is 2.25. The number of benzene rings is 2. The lowest BCUT2D eigenvalue weighted by Gasteiger charge is -2.17. The van der Waals surface area contributed by atoms with Gasteiger partial charge in [-0.25, -0.2) is 4.79 Å². The molecular weight excluding hydrogens is 440 g/mol. The summed E-state index contributed by atoms with van der Waals surface area (Å²) in [5, 5.41) is 21.2. The summed E-state index contributed by atoms with van der Waals surface area (Å²) in [5.74, 6) is -0.849. The summed E-state index contributed by atoms with van der Waals surface area (Å²) in [5.41, 5.74) is 4.99. The third kappa shape index (κ3) is 4.20. The van der Waals surface area contributed by atoms with E-state index >= 15 is 0 Å². The molecule has 0 bridgehead atoms. The first-order chi connectivity index (χ1) is 16.1. The zero-order chi connectivity index (χ0) is 22.8. The van der Waals surface area contributed by atoms with Crippen LogP contribution in [0.15, 0.2) is 72.1 Å². The van der Waals surface area contributed by atoms with Crippen LogP contribution in [0.1, 0.15) is 15.9 Å². The Labute approximate surface area is 193 Å². The van der Waals surface area contributed by atoms with Crippen molar-refractivity contribution in [2.45, 2.75) is 11.6 Å². The second-order valence-corrected chi connectivity index (χ2v) is 8.34. The van der Waals surface area contributed by atoms with Gasteiger partial charge in [-0.1, -0.05) is 23.9 Å². The molecule has 0 unspecified atom stereocenters. The number of carbonyl (C=O) groups is 2. The minimum atomic E-state index is -1.00. The zero-order valence-electron chi connectivity index (χ0n) is 17.3. The molecule has 0 spiro atoms. The number of hydrogen-bond acceptors (Lipinski definition) is 7. The maximum atomic E-state index is 13.0. The molecule has 5 rings (SSSR count). The predicted octanol–water partition coefficient (Wildman–Crippen LogP) is 3.10. The van der Waals surface area contributed by atoms with Crippen molar-refractivity contribution in [1.29, 1.82) is 0 Å². The van der Waals surface area contributed by atoms with E-state index in [4.69, 9.17) is 5.11 Å². The Morgan fingerprint density at radius 3 is 2.67 bits per heavy atom. The van der Waals surface area contributed by atoms with E-state index in [1.807, 2.05) is 30.5 Å². The number of aromatic nitrogens is 5. The minimum Gasteiger partial charge on any atom is -0.478 e. The van der Waals surface area contributed by atoms with Crippen molar-refractivity contribution in [3.05, 3.63) is 78.1 Å². The van der Waals surface area contributed by atoms with Gasteiger partial charge in [0.25, 0.3) is 0 Å². The van der Waals surface area contributed by atoms with Crippen LogP contribution in [0.2, 0.25) is 0 Å². The summed E-state index contributed by atoms with van der Waals surface area (Å²) in [7, 11) is 0. The van der Waals surface area contributed by atoms with Crippen molar-refractivity contribution >= 4 is 29.3 Å². The summed E-state index contributed by atoms with van der Waals surface area (Å²) in [6.07, 6.45) is 4.37. The molecule has 0 atom stereocenters. The molecular formula is C23H18N6O3S. The maximum Gasteiger partial charge on any atom is 0.335 e. The van der Waals surface area contributed by atoms with E-state index in [1.54, 1.807) is 23.2 Å². The number of rotatable bonds is 6. The Morgan fingerprint density at radius 1 is 1.06 bits per heavy atom. The quantitative estimate of drug-likeness (QED) is 0.439. The lowest BCUT2D eigenvalue weighted by atomic mass is 10.0. The summed E-state index contributed by atoms with van der Waals surface area (Å²) in [6.45, 7) is 0.632. The van der Waals surface area contributed by atoms with Crippen molar-refractivity contribution < 1.29 is 14.7 Å². The first-order valence-corrected chi connectivity index (χ1v) is 11.2. The van der Waals surface area contributed by atoms with Gasteiger partial charge in [-0.3, -0.25) is 9.78 Å². The number of anilines is 1. The largest absolute Gasteiger partial charge is 0.478 e. The Morgan fingerprint density at radius 2 is 1.91 bits per heavy atom. The zero-order valence-corrected chi connectivity index (χ0v) is 18.1. The molecule has 4 aromatic rings. The maximum absolute atomic E-state index is 13.0. The molecule has 2 aromatic heterocycles. The van der Waals surface area contributed by atoms with Crippen molar-refractivity contribution in [3.8, 4) is 16.8 Å². The molecule has 3 heterocycles. The van der Waals surface area contributed by atoms with Crippen LogP contribution in [0.4, 0.5) is 5.69 Å². The number of aromatic carboxylic acids is 1. The van der Waals surface area contributed by atoms with E-state index in [0.717, 1.165) is 28.8 Å². The smallest absolute Gasteiger partial charge is 0.335 e. The molecule has 0 saturated heterocycles. The van der Waals surface area contributed by atoms with Crippen molar-refractivity contribution in [1.82, 2.24) is 25.2 Å². The fourth-order valence-electron chi connectivity index (χ4n) is 3.75. The monoisotopic (exact) mass is 458 g/mol. The lowest BCUT2D eigenvalue weighted by Crippen LogP contribution is -2.30. The van der Waals surface area contributed by atoms with E-state index < -0.39 is 5.97 Å². The number of nitrogens with zero attached hydrogens (tertiary/aromatic N) is 6. The van der Waals surface area contributed by atoms with Crippen LogP contribution >= 0.6 is 11.8 Å². The van der Waals surface area contributed by atoms with Gasteiger partial charge in [0.2, 0.25) is 11.1 Å². The van der Waals surface area contributed by atoms with Gasteiger partial charge in [0.05, 0.1) is 17.0 Å². The van der Waals surface area contributed by atoms with Crippen molar-refractivity contribution in [2.24, 2.45) is 0 Å². The number of hydrogen-bond donors (Lipinski definition) is 1. The molecule has 0 aliphatic carbocycles. The van der Waals surface area contributed by atoms with Crippen LogP contribution in [-0.4, -0.2) is 54.5 Å². The van der Waals surface area contributed by atoms with Crippen LogP contribution in [-0.2, 0) is 11.2 Å². The molecule has 1 amide bonds. The van der Waals surface area contributed by atoms with Gasteiger partial charge < -0.3 is 10.0 Å². The summed E-state index contributed by atoms with van der Waals surface area (Å²) in [4.78, 5) is 30.0. The predicted molar refractivity (Wildman–Crippen MR) is 123 cm³/mol. The summed E-state index contributed by atoms with van der Waals surface area (Å²) < 4.78 is 1.49. The summed E-state index contributed by atoms with van der Waals surface area (Å²) in [6, 6.07) is 16.3. The van der Waals surface area contributed by atoms with E-state index in [9.17, 15) is 9.59 Å². The molecule has 0 saturated carbocycles. The second-order valence-electron chi connectivity index (χ2n) is 7.39. The van der Waals surface area contributed by atoms with Gasteiger partial charge in [0.1, 0.15) is 0 Å². The second kappa shape index (κ2) is 8.83. The van der Waals surface area contributed by atoms with Crippen LogP contribution in [0.25, 0.3) is 16.8 Å². The first-order valence-electron chi connectivity index (χ1n) is 10.2. The van der Waals surface area contributed by atoms with E-state index in [0.29, 0.717) is 17.4 Å². The normalized spacial score (nSPS) is 12.5. The Hall–Kier alpha value is -4.05. The molecule has 0 fully saturated rings. The average Bonchev–Trinajstić information content (AvgIpc) is 3.50. The van der Waals surface area contributed by atoms with Crippen molar-refractivity contribution in [2.75, 3.05) is 17.2 Å². The summed E-state index contributed by atoms with van der Waals surface area (Å²) >= 11 is 1.24. The molecule has 9 nitrogen and oxygen atoms in total. The number of carboxylic acid groups (broad SMARTS) is 1. The van der Waals surface area contributed by atoms with Crippen LogP contribution in [0.3, 0.4) is 0 Å². The molecule has 2 aromatic carbocycles. The van der Waals surface area contributed by atoms with Crippen molar-refractivity contribution in [3.63, 3.8) is 0 Å². The number of carbonyl (C=O) groups excluding carboxylic acids is 1. The van der Waals surface area contributed by atoms with Gasteiger partial charge >= 0.3 is 5.97 Å². The number of pyridine rings is 1. The van der Waals surface area contributed by atoms with E-state index in [-0.39, 0.29) is 17.2 Å². The molecule has 10 heteroatoms. The standard InChI is InChI=1S/C23H18N6O3S/c30-21(14-33-23-25-26-27-29(23)19-6-3-15(4-7-19)22(31)32)28-11-9-17-12-16(5-8-20(17)28)18-2-1-10-24-13-18/h1-8,10,12-13H,9,11,14H2,(H,31,32). The van der Waals surface area contributed by atoms with Gasteiger partial charge in [-0.2, -0.15) is 4.68 Å². The Balaban J connectivity index is 1.28. The molecule has 33 heavy (non-hydrogen) atoms. The first kappa shape index (κ1) is 20.8. The van der Waals surface area contributed by atoms with Gasteiger partial charge in [0, 0.05) is 24.6 Å². The number of amides is 1. The number of fused-ring (bicyclic) bond motifs is 1. The fourth-order valence-corrected chi connectivity index (χ4v) is 4.52. The third-order valence-electron chi connectivity index (χ3n) is 5.40. The molecule has 164 valence electrons. The molecule has 1 N–H and O–H groups in total. The Bertz CT molecular complexity index is 1320. The topological polar surface area (TPSA) is 114 Å². The SMILES string of the molecule is O=C(O)c1ccc(-n2nnnc2SCC(=O)N2CCc3cc(-c4cccnc4)ccc32)cc1. The molecule has 1 aliphatic rings. The highest BCUT2D eigenvalue weighted by atomic mass is 32.2. The average molecular weight is 459 g/mol. The van der Waals surface area contributed by atoms with Crippen LogP contribution < -0.4 is 4.90 Å². The van der Waals surface area contributed by atoms with Crippen LogP contribution in [0.5, 0.6) is 0 Å². The number of carboxylic acids is 1. The van der Waals surface area contributed by atoms with Gasteiger partial charge in [0.15, 0.2) is 0 Å². The highest BCUT2D eigenvalue weighted by molar-refractivity contribution is 7.99. The lowest BCUT2D eigenvalue weighted by molar-refractivity contribution is -0.116. The molecule has 0 radical (unpaired) electrons. The highest BCUT2D eigenvalue weighted by Crippen LogP contribution is 2.33. The molecule has 1 aliphatic heterocycles. The Kier molecular flexibility index (Phi) is 5.57. The number of tetrazole rings is 1. The van der Waals surface area contributed by atoms with Crippen LogP contribution in [0, 0.1) is 0 Å². The third-order valence-corrected chi connectivity index (χ3v) is 6.30. The van der Waals surface area contributed by atoms with E-state index in [1.165, 1.54) is 28.6 Å². The van der Waals surface area contributed by atoms with Gasteiger partial charge in [-0.05, 0) is 76.0 Å².